The van der Waals surface area contributed by atoms with Crippen LogP contribution in [0, 0.1) is 0 Å². The number of carboxylic acid groups (broad SMARTS) is 1. The quantitative estimate of drug-likeness (QED) is 0.431. The average Bonchev–Trinajstić information content (AvgIpc) is 3.03. The molecule has 3 N–H and O–H groups in total. The molecule has 1 amide bonds. The number of carbonyl (C=O) groups is 2. The van der Waals surface area contributed by atoms with Crippen molar-refractivity contribution in [2.24, 2.45) is 5.16 Å². The van der Waals surface area contributed by atoms with Crippen LogP contribution in [-0.4, -0.2) is 27.9 Å². The summed E-state index contributed by atoms with van der Waals surface area (Å²) in [6, 6.07) is 9.68. The molecule has 1 heterocycles. The highest BCUT2D eigenvalue weighted by molar-refractivity contribution is 6.04. The average molecular weight is 302 g/mol. The third-order valence-corrected chi connectivity index (χ3v) is 2.92. The van der Waals surface area contributed by atoms with Crippen LogP contribution < -0.4 is 5.32 Å². The summed E-state index contributed by atoms with van der Waals surface area (Å²) in [4.78, 5) is 22.3. The Bertz CT molecular complexity index is 674. The molecule has 0 radical (unpaired) electrons. The number of furan rings is 1. The molecule has 1 aromatic heterocycles. The summed E-state index contributed by atoms with van der Waals surface area (Å²) in [5.74, 6) is -1.15. The molecule has 0 saturated heterocycles. The highest BCUT2D eigenvalue weighted by Gasteiger charge is 2.10. The molecule has 2 rings (SSSR count). The predicted molar refractivity (Wildman–Crippen MR) is 78.3 cm³/mol. The molecule has 0 fully saturated rings. The van der Waals surface area contributed by atoms with Crippen molar-refractivity contribution in [1.82, 2.24) is 0 Å². The predicted octanol–water partition coefficient (Wildman–Crippen LogP) is 2.58. The molecule has 0 aliphatic heterocycles. The van der Waals surface area contributed by atoms with Crippen LogP contribution in [0.4, 0.5) is 5.69 Å². The van der Waals surface area contributed by atoms with Crippen LogP contribution in [0.3, 0.4) is 0 Å². The maximum absolute atomic E-state index is 11.8. The van der Waals surface area contributed by atoms with Crippen molar-refractivity contribution in [3.8, 4) is 0 Å². The molecule has 1 aromatic carbocycles. The van der Waals surface area contributed by atoms with Crippen molar-refractivity contribution in [1.29, 1.82) is 0 Å². The first-order valence-electron chi connectivity index (χ1n) is 6.48. The summed E-state index contributed by atoms with van der Waals surface area (Å²) < 4.78 is 4.98. The second-order valence-corrected chi connectivity index (χ2v) is 4.45. The van der Waals surface area contributed by atoms with E-state index in [0.717, 1.165) is 0 Å². The standard InChI is InChI=1S/C15H14N2O5/c18-14(19)8-7-12(17-21)10-3-5-11(6-4-10)16-15(20)13-2-1-9-22-13/h1-6,9,21H,7-8H2,(H,16,20)(H,18,19)/b17-12+. The van der Waals surface area contributed by atoms with Gasteiger partial charge in [0.25, 0.3) is 5.91 Å². The summed E-state index contributed by atoms with van der Waals surface area (Å²) in [5, 5.41) is 23.4. The second-order valence-electron chi connectivity index (χ2n) is 4.45. The normalized spacial score (nSPS) is 11.2. The van der Waals surface area contributed by atoms with Gasteiger partial charge in [-0.15, -0.1) is 0 Å². The number of oxime groups is 1. The van der Waals surface area contributed by atoms with E-state index in [2.05, 4.69) is 10.5 Å². The van der Waals surface area contributed by atoms with E-state index in [9.17, 15) is 9.59 Å². The third-order valence-electron chi connectivity index (χ3n) is 2.92. The Balaban J connectivity index is 2.03. The van der Waals surface area contributed by atoms with Gasteiger partial charge in [0.15, 0.2) is 5.76 Å². The lowest BCUT2D eigenvalue weighted by atomic mass is 10.1. The molecule has 0 bridgehead atoms. The van der Waals surface area contributed by atoms with Crippen molar-refractivity contribution in [3.05, 3.63) is 54.0 Å². The van der Waals surface area contributed by atoms with Gasteiger partial charge in [-0.2, -0.15) is 0 Å². The SMILES string of the molecule is O=C(O)CC/C(=N\O)c1ccc(NC(=O)c2ccco2)cc1. The molecular formula is C15H14N2O5. The van der Waals surface area contributed by atoms with Gasteiger partial charge in [-0.1, -0.05) is 17.3 Å². The first-order valence-corrected chi connectivity index (χ1v) is 6.48. The van der Waals surface area contributed by atoms with E-state index >= 15 is 0 Å². The van der Waals surface area contributed by atoms with E-state index < -0.39 is 5.97 Å². The van der Waals surface area contributed by atoms with E-state index in [0.29, 0.717) is 11.3 Å². The Labute approximate surface area is 125 Å². The van der Waals surface area contributed by atoms with Crippen molar-refractivity contribution >= 4 is 23.3 Å². The van der Waals surface area contributed by atoms with Crippen LogP contribution in [0.1, 0.15) is 29.0 Å². The number of benzene rings is 1. The summed E-state index contributed by atoms with van der Waals surface area (Å²) in [6.07, 6.45) is 1.39. The van der Waals surface area contributed by atoms with E-state index in [1.54, 1.807) is 36.4 Å². The molecule has 7 heteroatoms. The van der Waals surface area contributed by atoms with Crippen LogP contribution in [0.5, 0.6) is 0 Å². The molecule has 2 aromatic rings. The van der Waals surface area contributed by atoms with Gasteiger partial charge < -0.3 is 20.0 Å². The number of anilines is 1. The molecular weight excluding hydrogens is 288 g/mol. The number of nitrogens with zero attached hydrogens (tertiary/aromatic N) is 1. The molecule has 0 saturated carbocycles. The minimum atomic E-state index is -0.969. The lowest BCUT2D eigenvalue weighted by Crippen LogP contribution is -2.11. The molecule has 0 aliphatic rings. The lowest BCUT2D eigenvalue weighted by molar-refractivity contribution is -0.136. The fourth-order valence-electron chi connectivity index (χ4n) is 1.82. The Morgan fingerprint density at radius 3 is 2.41 bits per heavy atom. The molecule has 114 valence electrons. The largest absolute Gasteiger partial charge is 0.481 e. The topological polar surface area (TPSA) is 112 Å². The van der Waals surface area contributed by atoms with E-state index in [1.165, 1.54) is 6.26 Å². The van der Waals surface area contributed by atoms with Crippen LogP contribution in [0.2, 0.25) is 0 Å². The molecule has 22 heavy (non-hydrogen) atoms. The van der Waals surface area contributed by atoms with E-state index in [-0.39, 0.29) is 30.2 Å². The number of amides is 1. The number of hydrogen-bond donors (Lipinski definition) is 3. The Kier molecular flexibility index (Phi) is 4.92. The van der Waals surface area contributed by atoms with Gasteiger partial charge in [0, 0.05) is 12.1 Å². The highest BCUT2D eigenvalue weighted by atomic mass is 16.4. The number of carbonyl (C=O) groups excluding carboxylic acids is 1. The van der Waals surface area contributed by atoms with Crippen LogP contribution in [0.15, 0.2) is 52.2 Å². The van der Waals surface area contributed by atoms with Crippen molar-refractivity contribution < 1.29 is 24.3 Å². The van der Waals surface area contributed by atoms with Crippen LogP contribution in [-0.2, 0) is 4.79 Å². The monoisotopic (exact) mass is 302 g/mol. The van der Waals surface area contributed by atoms with Gasteiger partial charge >= 0.3 is 5.97 Å². The summed E-state index contributed by atoms with van der Waals surface area (Å²) in [6.45, 7) is 0. The van der Waals surface area contributed by atoms with Gasteiger partial charge in [0.2, 0.25) is 0 Å². The smallest absolute Gasteiger partial charge is 0.303 e. The maximum atomic E-state index is 11.8. The summed E-state index contributed by atoms with van der Waals surface area (Å²) in [5.41, 5.74) is 1.40. The number of hydrogen-bond acceptors (Lipinski definition) is 5. The summed E-state index contributed by atoms with van der Waals surface area (Å²) in [7, 11) is 0. The Morgan fingerprint density at radius 2 is 1.86 bits per heavy atom. The van der Waals surface area contributed by atoms with Crippen LogP contribution in [0.25, 0.3) is 0 Å². The van der Waals surface area contributed by atoms with E-state index in [4.69, 9.17) is 14.7 Å². The van der Waals surface area contributed by atoms with Gasteiger partial charge in [-0.3, -0.25) is 9.59 Å². The molecule has 0 aliphatic carbocycles. The first kappa shape index (κ1) is 15.3. The number of nitrogens with one attached hydrogen (secondary N) is 1. The first-order chi connectivity index (χ1) is 10.6. The third kappa shape index (κ3) is 3.95. The zero-order valence-electron chi connectivity index (χ0n) is 11.5. The zero-order valence-corrected chi connectivity index (χ0v) is 11.5. The molecule has 0 spiro atoms. The van der Waals surface area contributed by atoms with E-state index in [1.807, 2.05) is 0 Å². The summed E-state index contributed by atoms with van der Waals surface area (Å²) >= 11 is 0. The highest BCUT2D eigenvalue weighted by Crippen LogP contribution is 2.14. The number of carboxylic acids is 1. The van der Waals surface area contributed by atoms with Gasteiger partial charge in [-0.05, 0) is 29.8 Å². The fourth-order valence-corrected chi connectivity index (χ4v) is 1.82. The zero-order chi connectivity index (χ0) is 15.9. The van der Waals surface area contributed by atoms with Crippen LogP contribution >= 0.6 is 0 Å². The maximum Gasteiger partial charge on any atom is 0.303 e. The van der Waals surface area contributed by atoms with Crippen molar-refractivity contribution in [3.63, 3.8) is 0 Å². The minimum absolute atomic E-state index is 0.115. The Morgan fingerprint density at radius 1 is 1.14 bits per heavy atom. The number of aliphatic carboxylic acids is 1. The van der Waals surface area contributed by atoms with Gasteiger partial charge in [0.05, 0.1) is 18.4 Å². The lowest BCUT2D eigenvalue weighted by Gasteiger charge is -2.06. The molecule has 0 atom stereocenters. The fraction of sp³-hybridized carbons (Fsp3) is 0.133. The number of rotatable bonds is 6. The van der Waals surface area contributed by atoms with Crippen molar-refractivity contribution in [2.45, 2.75) is 12.8 Å². The minimum Gasteiger partial charge on any atom is -0.481 e. The Hall–Kier alpha value is -3.09. The van der Waals surface area contributed by atoms with Gasteiger partial charge in [-0.25, -0.2) is 0 Å². The molecule has 0 unspecified atom stereocenters. The van der Waals surface area contributed by atoms with Gasteiger partial charge in [0.1, 0.15) is 0 Å². The van der Waals surface area contributed by atoms with Crippen molar-refractivity contribution in [2.75, 3.05) is 5.32 Å². The second kappa shape index (κ2) is 7.07. The molecule has 7 nitrogen and oxygen atoms in total.